The van der Waals surface area contributed by atoms with Gasteiger partial charge in [-0.25, -0.2) is 4.98 Å². The molecule has 0 spiro atoms. The Hall–Kier alpha value is -2.10. The van der Waals surface area contributed by atoms with Gasteiger partial charge in [0.25, 0.3) is 0 Å². The molecule has 2 unspecified atom stereocenters. The van der Waals surface area contributed by atoms with E-state index >= 15 is 0 Å². The quantitative estimate of drug-likeness (QED) is 0.801. The van der Waals surface area contributed by atoms with Crippen LogP contribution in [0.5, 0.6) is 5.75 Å². The normalized spacial score (nSPS) is 22.4. The second-order valence-electron chi connectivity index (χ2n) is 5.20. The smallest absolute Gasteiger partial charge is 0.150 e. The molecule has 1 aromatic carbocycles. The lowest BCUT2D eigenvalue weighted by Crippen LogP contribution is -2.32. The highest BCUT2D eigenvalue weighted by Gasteiger charge is 2.27. The van der Waals surface area contributed by atoms with Crippen LogP contribution in [0.4, 0.5) is 0 Å². The van der Waals surface area contributed by atoms with Crippen molar-refractivity contribution >= 4 is 6.29 Å². The van der Waals surface area contributed by atoms with Crippen molar-refractivity contribution in [2.75, 3.05) is 0 Å². The molecule has 20 heavy (non-hydrogen) atoms. The highest BCUT2D eigenvalue weighted by Crippen LogP contribution is 2.31. The number of carbonyl (C=O) groups excluding carboxylic acids is 1. The number of aldehydes is 1. The largest absolute Gasteiger partial charge is 0.488 e. The van der Waals surface area contributed by atoms with Crippen LogP contribution in [0, 0.1) is 0 Å². The molecule has 0 aliphatic heterocycles. The van der Waals surface area contributed by atoms with E-state index in [0.29, 0.717) is 11.6 Å². The molecule has 1 aromatic heterocycles. The van der Waals surface area contributed by atoms with Crippen LogP contribution in [0.2, 0.25) is 0 Å². The second-order valence-corrected chi connectivity index (χ2v) is 5.20. The van der Waals surface area contributed by atoms with Crippen molar-refractivity contribution in [3.05, 3.63) is 48.5 Å². The van der Waals surface area contributed by atoms with Crippen LogP contribution in [0.3, 0.4) is 0 Å². The number of imidazole rings is 1. The highest BCUT2D eigenvalue weighted by molar-refractivity contribution is 5.74. The van der Waals surface area contributed by atoms with Crippen LogP contribution in [-0.4, -0.2) is 21.9 Å². The lowest BCUT2D eigenvalue weighted by molar-refractivity contribution is 0.0977. The molecule has 0 amide bonds. The maximum Gasteiger partial charge on any atom is 0.150 e. The van der Waals surface area contributed by atoms with Crippen LogP contribution in [-0.2, 0) is 0 Å². The summed E-state index contributed by atoms with van der Waals surface area (Å²) in [6, 6.07) is 7.65. The van der Waals surface area contributed by atoms with Gasteiger partial charge in [0, 0.05) is 18.0 Å². The predicted octanol–water partition coefficient (Wildman–Crippen LogP) is 3.26. The van der Waals surface area contributed by atoms with Crippen molar-refractivity contribution in [3.63, 3.8) is 0 Å². The SMILES string of the molecule is O=Cc1ccc(OC2CCCCC2n2ccnc2)cc1. The Morgan fingerprint density at radius 2 is 2.00 bits per heavy atom. The molecular formula is C16H18N2O2. The van der Waals surface area contributed by atoms with Gasteiger partial charge in [-0.2, -0.15) is 0 Å². The zero-order valence-corrected chi connectivity index (χ0v) is 11.3. The molecule has 0 bridgehead atoms. The molecule has 1 heterocycles. The van der Waals surface area contributed by atoms with E-state index in [4.69, 9.17) is 4.74 Å². The zero-order chi connectivity index (χ0) is 13.8. The number of hydrogen-bond acceptors (Lipinski definition) is 3. The highest BCUT2D eigenvalue weighted by atomic mass is 16.5. The molecule has 1 aliphatic rings. The number of benzene rings is 1. The van der Waals surface area contributed by atoms with E-state index in [0.717, 1.165) is 24.9 Å². The molecule has 104 valence electrons. The average molecular weight is 270 g/mol. The van der Waals surface area contributed by atoms with Crippen molar-refractivity contribution in [1.82, 2.24) is 9.55 Å². The predicted molar refractivity (Wildman–Crippen MR) is 76.0 cm³/mol. The van der Waals surface area contributed by atoms with Crippen molar-refractivity contribution < 1.29 is 9.53 Å². The van der Waals surface area contributed by atoms with Crippen LogP contribution in [0.15, 0.2) is 43.0 Å². The number of nitrogens with zero attached hydrogens (tertiary/aromatic N) is 2. The van der Waals surface area contributed by atoms with Crippen LogP contribution >= 0.6 is 0 Å². The Kier molecular flexibility index (Phi) is 3.81. The van der Waals surface area contributed by atoms with Gasteiger partial charge in [-0.1, -0.05) is 6.42 Å². The van der Waals surface area contributed by atoms with Gasteiger partial charge >= 0.3 is 0 Å². The van der Waals surface area contributed by atoms with Crippen molar-refractivity contribution in [2.24, 2.45) is 0 Å². The third-order valence-electron chi connectivity index (χ3n) is 3.88. The van der Waals surface area contributed by atoms with Gasteiger partial charge in [0.1, 0.15) is 18.1 Å². The van der Waals surface area contributed by atoms with Gasteiger partial charge in [0.05, 0.1) is 12.4 Å². The molecule has 4 nitrogen and oxygen atoms in total. The lowest BCUT2D eigenvalue weighted by Gasteiger charge is -2.32. The zero-order valence-electron chi connectivity index (χ0n) is 11.3. The maximum absolute atomic E-state index is 10.7. The maximum atomic E-state index is 10.7. The number of rotatable bonds is 4. The summed E-state index contributed by atoms with van der Waals surface area (Å²) in [7, 11) is 0. The number of aromatic nitrogens is 2. The fourth-order valence-electron chi connectivity index (χ4n) is 2.82. The van der Waals surface area contributed by atoms with Crippen LogP contribution in [0.1, 0.15) is 42.1 Å². The van der Waals surface area contributed by atoms with Crippen LogP contribution in [0.25, 0.3) is 0 Å². The Morgan fingerprint density at radius 3 is 2.70 bits per heavy atom. The van der Waals surface area contributed by atoms with Crippen LogP contribution < -0.4 is 4.74 Å². The molecule has 0 saturated heterocycles. The summed E-state index contributed by atoms with van der Waals surface area (Å²) in [5.74, 6) is 0.826. The van der Waals surface area contributed by atoms with Crippen molar-refractivity contribution in [2.45, 2.75) is 37.8 Å². The first-order chi connectivity index (χ1) is 9.86. The van der Waals surface area contributed by atoms with Gasteiger partial charge in [-0.15, -0.1) is 0 Å². The first-order valence-electron chi connectivity index (χ1n) is 7.06. The summed E-state index contributed by atoms with van der Waals surface area (Å²) >= 11 is 0. The molecule has 0 radical (unpaired) electrons. The van der Waals surface area contributed by atoms with E-state index in [1.54, 1.807) is 12.1 Å². The average Bonchev–Trinajstić information content (AvgIpc) is 3.03. The van der Waals surface area contributed by atoms with Crippen molar-refractivity contribution in [3.8, 4) is 5.75 Å². The summed E-state index contributed by atoms with van der Waals surface area (Å²) in [5, 5.41) is 0. The summed E-state index contributed by atoms with van der Waals surface area (Å²) in [4.78, 5) is 14.8. The summed E-state index contributed by atoms with van der Waals surface area (Å²) in [5.41, 5.74) is 0.673. The Morgan fingerprint density at radius 1 is 1.20 bits per heavy atom. The number of carbonyl (C=O) groups is 1. The van der Waals surface area contributed by atoms with E-state index in [-0.39, 0.29) is 6.10 Å². The van der Waals surface area contributed by atoms with Gasteiger partial charge in [-0.3, -0.25) is 4.79 Å². The first-order valence-corrected chi connectivity index (χ1v) is 7.06. The molecule has 1 saturated carbocycles. The fraction of sp³-hybridized carbons (Fsp3) is 0.375. The van der Waals surface area contributed by atoms with Gasteiger partial charge < -0.3 is 9.30 Å². The van der Waals surface area contributed by atoms with Gasteiger partial charge in [0.2, 0.25) is 0 Å². The number of ether oxygens (including phenoxy) is 1. The molecule has 4 heteroatoms. The summed E-state index contributed by atoms with van der Waals surface area (Å²) in [6.45, 7) is 0. The topological polar surface area (TPSA) is 44.1 Å². The van der Waals surface area contributed by atoms with Gasteiger partial charge in [-0.05, 0) is 43.5 Å². The summed E-state index contributed by atoms with van der Waals surface area (Å²) < 4.78 is 8.27. The molecule has 0 N–H and O–H groups in total. The Balaban J connectivity index is 1.74. The van der Waals surface area contributed by atoms with Crippen molar-refractivity contribution in [1.29, 1.82) is 0 Å². The Bertz CT molecular complexity index is 548. The monoisotopic (exact) mass is 270 g/mol. The van der Waals surface area contributed by atoms with Gasteiger partial charge in [0.15, 0.2) is 0 Å². The Labute approximate surface area is 118 Å². The minimum Gasteiger partial charge on any atom is -0.488 e. The lowest BCUT2D eigenvalue weighted by atomic mass is 9.92. The fourth-order valence-corrected chi connectivity index (χ4v) is 2.82. The number of hydrogen-bond donors (Lipinski definition) is 0. The standard InChI is InChI=1S/C16H18N2O2/c19-11-13-5-7-14(8-6-13)20-16-4-2-1-3-15(16)18-10-9-17-12-18/h5-12,15-16H,1-4H2. The molecule has 3 rings (SSSR count). The molecule has 1 aliphatic carbocycles. The van der Waals surface area contributed by atoms with E-state index < -0.39 is 0 Å². The molecule has 1 fully saturated rings. The minimum atomic E-state index is 0.167. The molecule has 2 atom stereocenters. The van der Waals surface area contributed by atoms with E-state index in [2.05, 4.69) is 9.55 Å². The molecule has 2 aromatic rings. The van der Waals surface area contributed by atoms with E-state index in [9.17, 15) is 4.79 Å². The molecular weight excluding hydrogens is 252 g/mol. The van der Waals surface area contributed by atoms with E-state index in [1.807, 2.05) is 30.9 Å². The second kappa shape index (κ2) is 5.90. The van der Waals surface area contributed by atoms with E-state index in [1.165, 1.54) is 12.8 Å². The first kappa shape index (κ1) is 12.9. The third-order valence-corrected chi connectivity index (χ3v) is 3.88. The third kappa shape index (κ3) is 2.74. The summed E-state index contributed by atoms with van der Waals surface area (Å²) in [6.07, 6.45) is 11.3. The minimum absolute atomic E-state index is 0.167.